The van der Waals surface area contributed by atoms with Crippen LogP contribution in [-0.2, 0) is 24.3 Å². The summed E-state index contributed by atoms with van der Waals surface area (Å²) in [5.74, 6) is -0.413. The van der Waals surface area contributed by atoms with Crippen molar-refractivity contribution >= 4 is 27.6 Å². The number of ether oxygens (including phenoxy) is 1. The van der Waals surface area contributed by atoms with Crippen molar-refractivity contribution in [3.05, 3.63) is 24.3 Å². The summed E-state index contributed by atoms with van der Waals surface area (Å²) in [5, 5.41) is 2.62. The van der Waals surface area contributed by atoms with Crippen molar-refractivity contribution in [1.29, 1.82) is 0 Å². The number of carbonyl (C=O) groups is 2. The van der Waals surface area contributed by atoms with Gasteiger partial charge in [-0.3, -0.25) is 9.59 Å². The molecule has 2 aliphatic heterocycles. The van der Waals surface area contributed by atoms with E-state index in [1.54, 1.807) is 12.1 Å². The summed E-state index contributed by atoms with van der Waals surface area (Å²) >= 11 is 0. The molecule has 1 aromatic rings. The Labute approximate surface area is 165 Å². The van der Waals surface area contributed by atoms with E-state index in [0.29, 0.717) is 44.6 Å². The van der Waals surface area contributed by atoms with E-state index in [-0.39, 0.29) is 22.9 Å². The van der Waals surface area contributed by atoms with Gasteiger partial charge in [0.1, 0.15) is 6.10 Å². The zero-order chi connectivity index (χ0) is 20.5. The first-order valence-electron chi connectivity index (χ1n) is 9.36. The topological polar surface area (TPSA) is 96.0 Å². The van der Waals surface area contributed by atoms with Gasteiger partial charge < -0.3 is 15.0 Å². The van der Waals surface area contributed by atoms with Crippen LogP contribution in [0.1, 0.15) is 26.2 Å². The average molecular weight is 410 g/mol. The van der Waals surface area contributed by atoms with Crippen molar-refractivity contribution in [3.63, 3.8) is 0 Å². The fraction of sp³-hybridized carbons (Fsp3) is 0.579. The van der Waals surface area contributed by atoms with Gasteiger partial charge in [-0.1, -0.05) is 0 Å². The van der Waals surface area contributed by atoms with E-state index in [1.165, 1.54) is 23.4 Å². The number of piperidine rings is 1. The quantitative estimate of drug-likeness (QED) is 0.737. The predicted molar refractivity (Wildman–Crippen MR) is 104 cm³/mol. The van der Waals surface area contributed by atoms with Gasteiger partial charge >= 0.3 is 5.97 Å². The molecule has 9 heteroatoms. The SMILES string of the molecule is CC(=O)Nc1ccc(S(=O)(=O)N2CCC3(CC2)CC(CN(C)C)OC3=O)cc1. The van der Waals surface area contributed by atoms with E-state index in [4.69, 9.17) is 4.74 Å². The number of sulfonamides is 1. The van der Waals surface area contributed by atoms with E-state index in [0.717, 1.165) is 0 Å². The minimum Gasteiger partial charge on any atom is -0.461 e. The Kier molecular flexibility index (Phi) is 5.79. The van der Waals surface area contributed by atoms with Crippen LogP contribution in [0.2, 0.25) is 0 Å². The Bertz CT molecular complexity index is 843. The second-order valence-corrected chi connectivity index (χ2v) is 9.82. The summed E-state index contributed by atoms with van der Waals surface area (Å²) in [7, 11) is 0.228. The summed E-state index contributed by atoms with van der Waals surface area (Å²) in [6.07, 6.45) is 1.45. The maximum atomic E-state index is 12.9. The molecule has 3 rings (SSSR count). The van der Waals surface area contributed by atoms with Crippen LogP contribution < -0.4 is 5.32 Å². The molecule has 0 saturated carbocycles. The molecule has 154 valence electrons. The summed E-state index contributed by atoms with van der Waals surface area (Å²) in [6, 6.07) is 6.11. The molecule has 28 heavy (non-hydrogen) atoms. The van der Waals surface area contributed by atoms with Crippen molar-refractivity contribution in [3.8, 4) is 0 Å². The lowest BCUT2D eigenvalue weighted by Crippen LogP contribution is -2.45. The Morgan fingerprint density at radius 1 is 1.25 bits per heavy atom. The molecule has 0 bridgehead atoms. The summed E-state index contributed by atoms with van der Waals surface area (Å²) in [6.45, 7) is 2.65. The molecule has 1 amide bonds. The molecule has 1 spiro atoms. The Morgan fingerprint density at radius 3 is 2.39 bits per heavy atom. The number of nitrogens with one attached hydrogen (secondary N) is 1. The number of esters is 1. The van der Waals surface area contributed by atoms with Crippen LogP contribution in [0.5, 0.6) is 0 Å². The number of nitrogens with zero attached hydrogens (tertiary/aromatic N) is 2. The van der Waals surface area contributed by atoms with E-state index < -0.39 is 15.4 Å². The lowest BCUT2D eigenvalue weighted by Gasteiger charge is -2.35. The van der Waals surface area contributed by atoms with E-state index in [9.17, 15) is 18.0 Å². The maximum absolute atomic E-state index is 12.9. The number of carbonyl (C=O) groups excluding carboxylic acids is 2. The molecule has 0 aliphatic carbocycles. The number of amides is 1. The number of hydrogen-bond acceptors (Lipinski definition) is 6. The van der Waals surface area contributed by atoms with Crippen molar-refractivity contribution in [1.82, 2.24) is 9.21 Å². The van der Waals surface area contributed by atoms with Crippen LogP contribution in [0.3, 0.4) is 0 Å². The van der Waals surface area contributed by atoms with Crippen molar-refractivity contribution in [2.45, 2.75) is 37.2 Å². The number of benzene rings is 1. The number of likely N-dealkylation sites (N-methyl/N-ethyl adjacent to an activating group) is 1. The van der Waals surface area contributed by atoms with E-state index in [1.807, 2.05) is 19.0 Å². The van der Waals surface area contributed by atoms with Gasteiger partial charge in [0.15, 0.2) is 0 Å². The normalized spacial score (nSPS) is 22.4. The highest BCUT2D eigenvalue weighted by molar-refractivity contribution is 7.89. The summed E-state index contributed by atoms with van der Waals surface area (Å²) in [5.41, 5.74) is -0.0215. The second kappa shape index (κ2) is 7.81. The monoisotopic (exact) mass is 409 g/mol. The average Bonchev–Trinajstić information content (AvgIpc) is 2.89. The molecular weight excluding hydrogens is 382 g/mol. The van der Waals surface area contributed by atoms with Gasteiger partial charge in [-0.2, -0.15) is 4.31 Å². The van der Waals surface area contributed by atoms with Gasteiger partial charge in [0.2, 0.25) is 15.9 Å². The van der Waals surface area contributed by atoms with Crippen LogP contribution in [0.25, 0.3) is 0 Å². The van der Waals surface area contributed by atoms with Crippen molar-refractivity contribution in [2.75, 3.05) is 39.0 Å². The molecular formula is C19H27N3O5S. The Balaban J connectivity index is 1.67. The number of anilines is 1. The lowest BCUT2D eigenvalue weighted by atomic mass is 9.76. The van der Waals surface area contributed by atoms with Gasteiger partial charge in [0.25, 0.3) is 0 Å². The molecule has 0 radical (unpaired) electrons. The fourth-order valence-corrected chi connectivity index (χ4v) is 5.41. The van der Waals surface area contributed by atoms with Gasteiger partial charge in [-0.05, 0) is 51.2 Å². The standard InChI is InChI=1S/C19H27N3O5S/c1-14(23)20-15-4-6-17(7-5-15)28(25,26)22-10-8-19(9-11-22)12-16(13-21(2)3)27-18(19)24/h4-7,16H,8-13H2,1-3H3,(H,20,23). The zero-order valence-corrected chi connectivity index (χ0v) is 17.3. The number of hydrogen-bond donors (Lipinski definition) is 1. The first-order chi connectivity index (χ1) is 13.1. The number of cyclic esters (lactones) is 1. The van der Waals surface area contributed by atoms with Crippen molar-refractivity contribution in [2.24, 2.45) is 5.41 Å². The van der Waals surface area contributed by atoms with Crippen molar-refractivity contribution < 1.29 is 22.7 Å². The molecule has 8 nitrogen and oxygen atoms in total. The maximum Gasteiger partial charge on any atom is 0.312 e. The molecule has 1 N–H and O–H groups in total. The molecule has 1 aromatic carbocycles. The third-order valence-electron chi connectivity index (χ3n) is 5.39. The lowest BCUT2D eigenvalue weighted by molar-refractivity contribution is -0.150. The van der Waals surface area contributed by atoms with Crippen LogP contribution in [-0.4, -0.2) is 69.3 Å². The molecule has 2 fully saturated rings. The van der Waals surface area contributed by atoms with Gasteiger partial charge in [-0.15, -0.1) is 0 Å². The first-order valence-corrected chi connectivity index (χ1v) is 10.8. The molecule has 2 saturated heterocycles. The Hall–Kier alpha value is -1.97. The third-order valence-corrected chi connectivity index (χ3v) is 7.30. The minimum absolute atomic E-state index is 0.132. The van der Waals surface area contributed by atoms with Crippen LogP contribution in [0.4, 0.5) is 5.69 Å². The largest absolute Gasteiger partial charge is 0.461 e. The second-order valence-electron chi connectivity index (χ2n) is 7.88. The molecule has 1 unspecified atom stereocenters. The van der Waals surface area contributed by atoms with Crippen LogP contribution in [0.15, 0.2) is 29.2 Å². The predicted octanol–water partition coefficient (Wildman–Crippen LogP) is 1.29. The highest BCUT2D eigenvalue weighted by Gasteiger charge is 2.51. The molecule has 2 heterocycles. The first kappa shape index (κ1) is 20.8. The van der Waals surface area contributed by atoms with E-state index >= 15 is 0 Å². The zero-order valence-electron chi connectivity index (χ0n) is 16.5. The van der Waals surface area contributed by atoms with Crippen LogP contribution >= 0.6 is 0 Å². The summed E-state index contributed by atoms with van der Waals surface area (Å²) in [4.78, 5) is 25.7. The highest BCUT2D eigenvalue weighted by Crippen LogP contribution is 2.44. The smallest absolute Gasteiger partial charge is 0.312 e. The Morgan fingerprint density at radius 2 is 1.86 bits per heavy atom. The van der Waals surface area contributed by atoms with Crippen LogP contribution in [0, 0.1) is 5.41 Å². The van der Waals surface area contributed by atoms with Gasteiger partial charge in [-0.25, -0.2) is 8.42 Å². The summed E-state index contributed by atoms with van der Waals surface area (Å²) < 4.78 is 32.8. The van der Waals surface area contributed by atoms with Gasteiger partial charge in [0, 0.05) is 38.7 Å². The highest BCUT2D eigenvalue weighted by atomic mass is 32.2. The number of rotatable bonds is 5. The van der Waals surface area contributed by atoms with Gasteiger partial charge in [0.05, 0.1) is 10.3 Å². The third kappa shape index (κ3) is 4.21. The molecule has 2 aliphatic rings. The van der Waals surface area contributed by atoms with E-state index in [2.05, 4.69) is 5.32 Å². The molecule has 0 aromatic heterocycles. The fourth-order valence-electron chi connectivity index (χ4n) is 3.97. The molecule has 1 atom stereocenters. The minimum atomic E-state index is -3.64.